The SMILES string of the molecule is C=CCN(CCO)C(C)C(=O)O. The second kappa shape index (κ2) is 5.74. The van der Waals surface area contributed by atoms with Crippen LogP contribution >= 0.6 is 0 Å². The largest absolute Gasteiger partial charge is 0.480 e. The van der Waals surface area contributed by atoms with Crippen LogP contribution in [0.1, 0.15) is 6.92 Å². The second-order valence-electron chi connectivity index (χ2n) is 2.52. The number of aliphatic hydroxyl groups excluding tert-OH is 1. The molecule has 0 aromatic carbocycles. The van der Waals surface area contributed by atoms with Gasteiger partial charge in [-0.05, 0) is 6.92 Å². The van der Waals surface area contributed by atoms with Crippen molar-refractivity contribution in [1.82, 2.24) is 4.90 Å². The lowest BCUT2D eigenvalue weighted by molar-refractivity contribution is -0.142. The fourth-order valence-corrected chi connectivity index (χ4v) is 0.894. The first-order chi connectivity index (χ1) is 5.63. The molecule has 2 N–H and O–H groups in total. The topological polar surface area (TPSA) is 60.8 Å². The lowest BCUT2D eigenvalue weighted by Gasteiger charge is -2.23. The van der Waals surface area contributed by atoms with E-state index in [0.717, 1.165) is 0 Å². The van der Waals surface area contributed by atoms with Crippen molar-refractivity contribution >= 4 is 5.97 Å². The maximum absolute atomic E-state index is 10.5. The molecule has 0 aromatic rings. The van der Waals surface area contributed by atoms with Gasteiger partial charge in [-0.1, -0.05) is 6.08 Å². The molecule has 0 radical (unpaired) electrons. The highest BCUT2D eigenvalue weighted by molar-refractivity contribution is 5.72. The van der Waals surface area contributed by atoms with Gasteiger partial charge in [-0.2, -0.15) is 0 Å². The number of aliphatic carboxylic acids is 1. The van der Waals surface area contributed by atoms with Crippen molar-refractivity contribution in [3.63, 3.8) is 0 Å². The van der Waals surface area contributed by atoms with Crippen molar-refractivity contribution in [3.8, 4) is 0 Å². The summed E-state index contributed by atoms with van der Waals surface area (Å²) in [5.41, 5.74) is 0. The highest BCUT2D eigenvalue weighted by Gasteiger charge is 2.18. The van der Waals surface area contributed by atoms with E-state index in [2.05, 4.69) is 6.58 Å². The van der Waals surface area contributed by atoms with Gasteiger partial charge in [0, 0.05) is 13.1 Å². The first kappa shape index (κ1) is 11.1. The number of nitrogens with zero attached hydrogens (tertiary/aromatic N) is 1. The molecule has 0 aliphatic rings. The molecule has 0 spiro atoms. The van der Waals surface area contributed by atoms with Crippen molar-refractivity contribution in [1.29, 1.82) is 0 Å². The molecular weight excluding hydrogens is 158 g/mol. The molecule has 0 rings (SSSR count). The number of aliphatic hydroxyl groups is 1. The van der Waals surface area contributed by atoms with Crippen LogP contribution in [-0.4, -0.2) is 46.8 Å². The van der Waals surface area contributed by atoms with Gasteiger partial charge >= 0.3 is 5.97 Å². The summed E-state index contributed by atoms with van der Waals surface area (Å²) < 4.78 is 0. The zero-order valence-corrected chi connectivity index (χ0v) is 7.23. The average Bonchev–Trinajstić information content (AvgIpc) is 2.03. The molecule has 0 aliphatic carbocycles. The van der Waals surface area contributed by atoms with Crippen LogP contribution in [0.2, 0.25) is 0 Å². The van der Waals surface area contributed by atoms with Gasteiger partial charge in [0.2, 0.25) is 0 Å². The predicted molar refractivity (Wildman–Crippen MR) is 46.0 cm³/mol. The Bertz CT molecular complexity index is 158. The second-order valence-corrected chi connectivity index (χ2v) is 2.52. The maximum atomic E-state index is 10.5. The molecule has 1 unspecified atom stereocenters. The molecule has 12 heavy (non-hydrogen) atoms. The summed E-state index contributed by atoms with van der Waals surface area (Å²) in [6.45, 7) is 5.90. The van der Waals surface area contributed by atoms with Gasteiger partial charge in [-0.3, -0.25) is 9.69 Å². The summed E-state index contributed by atoms with van der Waals surface area (Å²) in [5.74, 6) is -0.884. The van der Waals surface area contributed by atoms with Crippen molar-refractivity contribution < 1.29 is 15.0 Å². The van der Waals surface area contributed by atoms with Gasteiger partial charge < -0.3 is 10.2 Å². The first-order valence-corrected chi connectivity index (χ1v) is 3.82. The zero-order chi connectivity index (χ0) is 9.56. The van der Waals surface area contributed by atoms with E-state index in [9.17, 15) is 4.79 Å². The highest BCUT2D eigenvalue weighted by atomic mass is 16.4. The molecule has 0 bridgehead atoms. The molecule has 4 nitrogen and oxygen atoms in total. The fraction of sp³-hybridized carbons (Fsp3) is 0.625. The van der Waals surface area contributed by atoms with Crippen LogP contribution in [0.3, 0.4) is 0 Å². The summed E-state index contributed by atoms with van der Waals surface area (Å²) in [6.07, 6.45) is 1.62. The summed E-state index contributed by atoms with van der Waals surface area (Å²) >= 11 is 0. The standard InChI is InChI=1S/C8H15NO3/c1-3-4-9(5-6-10)7(2)8(11)12/h3,7,10H,1,4-6H2,2H3,(H,11,12). The number of hydrogen-bond donors (Lipinski definition) is 2. The number of carboxylic acid groups (broad SMARTS) is 1. The highest BCUT2D eigenvalue weighted by Crippen LogP contribution is 1.98. The van der Waals surface area contributed by atoms with E-state index in [0.29, 0.717) is 13.1 Å². The summed E-state index contributed by atoms with van der Waals surface area (Å²) in [4.78, 5) is 12.2. The molecular formula is C8H15NO3. The van der Waals surface area contributed by atoms with Gasteiger partial charge in [-0.25, -0.2) is 0 Å². The van der Waals surface area contributed by atoms with Crippen LogP contribution in [0.25, 0.3) is 0 Å². The van der Waals surface area contributed by atoms with Crippen molar-refractivity contribution in [2.75, 3.05) is 19.7 Å². The molecule has 0 fully saturated rings. The maximum Gasteiger partial charge on any atom is 0.320 e. The summed E-state index contributed by atoms with van der Waals surface area (Å²) in [7, 11) is 0. The monoisotopic (exact) mass is 173 g/mol. The van der Waals surface area contributed by atoms with E-state index in [1.54, 1.807) is 17.9 Å². The Morgan fingerprint density at radius 1 is 1.75 bits per heavy atom. The normalized spacial score (nSPS) is 12.9. The van der Waals surface area contributed by atoms with E-state index in [4.69, 9.17) is 10.2 Å². The smallest absolute Gasteiger partial charge is 0.320 e. The molecule has 70 valence electrons. The lowest BCUT2D eigenvalue weighted by Crippen LogP contribution is -2.40. The molecule has 0 saturated heterocycles. The van der Waals surface area contributed by atoms with E-state index in [1.807, 2.05) is 0 Å². The van der Waals surface area contributed by atoms with Gasteiger partial charge in [0.1, 0.15) is 6.04 Å². The number of carbonyl (C=O) groups is 1. The first-order valence-electron chi connectivity index (χ1n) is 3.82. The fourth-order valence-electron chi connectivity index (χ4n) is 0.894. The quantitative estimate of drug-likeness (QED) is 0.552. The average molecular weight is 173 g/mol. The van der Waals surface area contributed by atoms with Gasteiger partial charge in [-0.15, -0.1) is 6.58 Å². The Morgan fingerprint density at radius 2 is 2.33 bits per heavy atom. The third-order valence-corrected chi connectivity index (χ3v) is 1.66. The van der Waals surface area contributed by atoms with Crippen LogP contribution in [0.15, 0.2) is 12.7 Å². The lowest BCUT2D eigenvalue weighted by atomic mass is 10.3. The van der Waals surface area contributed by atoms with Crippen LogP contribution < -0.4 is 0 Å². The number of hydrogen-bond acceptors (Lipinski definition) is 3. The molecule has 0 aliphatic heterocycles. The van der Waals surface area contributed by atoms with Gasteiger partial charge in [0.05, 0.1) is 6.61 Å². The van der Waals surface area contributed by atoms with Crippen molar-refractivity contribution in [2.24, 2.45) is 0 Å². The van der Waals surface area contributed by atoms with E-state index in [-0.39, 0.29) is 6.61 Å². The third kappa shape index (κ3) is 3.50. The molecule has 1 atom stereocenters. The van der Waals surface area contributed by atoms with E-state index < -0.39 is 12.0 Å². The minimum absolute atomic E-state index is 0.0362. The summed E-state index contributed by atoms with van der Waals surface area (Å²) in [6, 6.07) is -0.574. The predicted octanol–water partition coefficient (Wildman–Crippen LogP) is -0.0602. The Hall–Kier alpha value is -0.870. The van der Waals surface area contributed by atoms with Crippen molar-refractivity contribution in [3.05, 3.63) is 12.7 Å². The third-order valence-electron chi connectivity index (χ3n) is 1.66. The molecule has 0 aromatic heterocycles. The minimum atomic E-state index is -0.884. The van der Waals surface area contributed by atoms with Crippen LogP contribution in [-0.2, 0) is 4.79 Å². The molecule has 0 heterocycles. The Balaban J connectivity index is 4.07. The number of rotatable bonds is 6. The van der Waals surface area contributed by atoms with E-state index in [1.165, 1.54) is 0 Å². The Kier molecular flexibility index (Phi) is 5.32. The number of carboxylic acids is 1. The Labute approximate surface area is 72.1 Å². The van der Waals surface area contributed by atoms with Crippen LogP contribution in [0.5, 0.6) is 0 Å². The molecule has 0 amide bonds. The van der Waals surface area contributed by atoms with E-state index >= 15 is 0 Å². The van der Waals surface area contributed by atoms with Crippen molar-refractivity contribution in [2.45, 2.75) is 13.0 Å². The van der Waals surface area contributed by atoms with Crippen LogP contribution in [0.4, 0.5) is 0 Å². The summed E-state index contributed by atoms with van der Waals surface area (Å²) in [5, 5.41) is 17.3. The Morgan fingerprint density at radius 3 is 2.67 bits per heavy atom. The zero-order valence-electron chi connectivity index (χ0n) is 7.23. The van der Waals surface area contributed by atoms with Crippen LogP contribution in [0, 0.1) is 0 Å². The van der Waals surface area contributed by atoms with Gasteiger partial charge in [0.15, 0.2) is 0 Å². The minimum Gasteiger partial charge on any atom is -0.480 e. The molecule has 0 saturated carbocycles. The molecule has 4 heteroatoms. The van der Waals surface area contributed by atoms with Gasteiger partial charge in [0.25, 0.3) is 0 Å².